The van der Waals surface area contributed by atoms with Crippen molar-refractivity contribution in [3.8, 4) is 5.75 Å². The summed E-state index contributed by atoms with van der Waals surface area (Å²) >= 11 is 0. The van der Waals surface area contributed by atoms with Gasteiger partial charge in [-0.05, 0) is 55.7 Å². The van der Waals surface area contributed by atoms with E-state index >= 15 is 0 Å². The molecular formula is C18H22N2O2. The van der Waals surface area contributed by atoms with Crippen LogP contribution in [0, 0.1) is 20.8 Å². The lowest BCUT2D eigenvalue weighted by Gasteiger charge is -2.12. The van der Waals surface area contributed by atoms with E-state index in [9.17, 15) is 4.79 Å². The molecule has 0 aliphatic rings. The quantitative estimate of drug-likeness (QED) is 0.829. The van der Waals surface area contributed by atoms with Gasteiger partial charge < -0.3 is 15.8 Å². The zero-order valence-corrected chi connectivity index (χ0v) is 13.3. The van der Waals surface area contributed by atoms with Crippen LogP contribution in [0.2, 0.25) is 0 Å². The van der Waals surface area contributed by atoms with Crippen LogP contribution < -0.4 is 15.8 Å². The van der Waals surface area contributed by atoms with Crippen molar-refractivity contribution in [3.05, 3.63) is 53.1 Å². The second-order valence-corrected chi connectivity index (χ2v) is 5.44. The van der Waals surface area contributed by atoms with Crippen molar-refractivity contribution >= 4 is 17.3 Å². The highest BCUT2D eigenvalue weighted by molar-refractivity contribution is 5.92. The van der Waals surface area contributed by atoms with Gasteiger partial charge in [0.2, 0.25) is 5.91 Å². The van der Waals surface area contributed by atoms with Crippen molar-refractivity contribution in [2.24, 2.45) is 0 Å². The fraction of sp³-hybridized carbons (Fsp3) is 0.278. The van der Waals surface area contributed by atoms with Crippen molar-refractivity contribution in [1.29, 1.82) is 0 Å². The van der Waals surface area contributed by atoms with Crippen LogP contribution in [0.15, 0.2) is 36.4 Å². The summed E-state index contributed by atoms with van der Waals surface area (Å²) in [5.74, 6) is 0.743. The third-order valence-corrected chi connectivity index (χ3v) is 3.58. The number of benzene rings is 2. The van der Waals surface area contributed by atoms with Gasteiger partial charge in [-0.15, -0.1) is 0 Å². The van der Waals surface area contributed by atoms with Crippen LogP contribution in [0.1, 0.15) is 23.1 Å². The molecule has 2 rings (SSSR count). The van der Waals surface area contributed by atoms with Gasteiger partial charge in [-0.3, -0.25) is 4.79 Å². The first-order valence-electron chi connectivity index (χ1n) is 7.32. The smallest absolute Gasteiger partial charge is 0.227 e. The minimum absolute atomic E-state index is 0.0843. The fourth-order valence-electron chi connectivity index (χ4n) is 2.12. The van der Waals surface area contributed by atoms with Gasteiger partial charge in [-0.2, -0.15) is 0 Å². The average Bonchev–Trinajstić information content (AvgIpc) is 2.47. The number of rotatable bonds is 5. The number of carbonyl (C=O) groups excluding carboxylic acids is 1. The molecule has 0 spiro atoms. The molecule has 4 nitrogen and oxygen atoms in total. The average molecular weight is 298 g/mol. The normalized spacial score (nSPS) is 10.3. The fourth-order valence-corrected chi connectivity index (χ4v) is 2.12. The molecule has 2 aromatic carbocycles. The van der Waals surface area contributed by atoms with Gasteiger partial charge in [0.05, 0.1) is 13.0 Å². The summed E-state index contributed by atoms with van der Waals surface area (Å²) in [4.78, 5) is 12.0. The molecule has 22 heavy (non-hydrogen) atoms. The molecular weight excluding hydrogens is 276 g/mol. The molecule has 1 amide bonds. The van der Waals surface area contributed by atoms with Crippen LogP contribution in [-0.4, -0.2) is 12.5 Å². The Kier molecular flexibility index (Phi) is 5.04. The van der Waals surface area contributed by atoms with E-state index in [-0.39, 0.29) is 5.91 Å². The first-order chi connectivity index (χ1) is 10.5. The molecule has 0 aromatic heterocycles. The van der Waals surface area contributed by atoms with Crippen LogP contribution in [0.3, 0.4) is 0 Å². The number of aryl methyl sites for hydroxylation is 2. The number of amides is 1. The van der Waals surface area contributed by atoms with E-state index in [0.29, 0.717) is 18.7 Å². The van der Waals surface area contributed by atoms with Crippen molar-refractivity contribution in [2.75, 3.05) is 17.7 Å². The SMILES string of the molecule is Cc1ccc(C)c(OCCC(=O)Nc2cccc(N)c2C)c1. The van der Waals surface area contributed by atoms with Gasteiger partial charge in [0.1, 0.15) is 5.75 Å². The Balaban J connectivity index is 1.88. The Morgan fingerprint density at radius 2 is 1.95 bits per heavy atom. The summed E-state index contributed by atoms with van der Waals surface area (Å²) in [7, 11) is 0. The molecule has 0 unspecified atom stereocenters. The second kappa shape index (κ2) is 6.98. The first-order valence-corrected chi connectivity index (χ1v) is 7.32. The Morgan fingerprint density at radius 3 is 2.73 bits per heavy atom. The molecule has 0 fully saturated rings. The third-order valence-electron chi connectivity index (χ3n) is 3.58. The predicted molar refractivity (Wildman–Crippen MR) is 90.2 cm³/mol. The highest BCUT2D eigenvalue weighted by Gasteiger charge is 2.07. The minimum Gasteiger partial charge on any atom is -0.493 e. The predicted octanol–water partition coefficient (Wildman–Crippen LogP) is 3.60. The summed E-state index contributed by atoms with van der Waals surface area (Å²) in [5, 5.41) is 2.86. The standard InChI is InChI=1S/C18H22N2O2/c1-12-7-8-13(2)17(11-12)22-10-9-18(21)20-16-6-4-5-15(19)14(16)3/h4-8,11H,9-10,19H2,1-3H3,(H,20,21). The minimum atomic E-state index is -0.0843. The van der Waals surface area contributed by atoms with E-state index in [1.165, 1.54) is 0 Å². The Labute approximate surface area is 131 Å². The topological polar surface area (TPSA) is 64.3 Å². The van der Waals surface area contributed by atoms with Crippen LogP contribution in [0.25, 0.3) is 0 Å². The Morgan fingerprint density at radius 1 is 1.18 bits per heavy atom. The molecule has 3 N–H and O–H groups in total. The summed E-state index contributed by atoms with van der Waals surface area (Å²) in [6.07, 6.45) is 0.293. The summed E-state index contributed by atoms with van der Waals surface area (Å²) in [5.41, 5.74) is 10.3. The monoisotopic (exact) mass is 298 g/mol. The van der Waals surface area contributed by atoms with Gasteiger partial charge in [-0.25, -0.2) is 0 Å². The number of nitrogens with two attached hydrogens (primary N) is 1. The number of hydrogen-bond acceptors (Lipinski definition) is 3. The highest BCUT2D eigenvalue weighted by Crippen LogP contribution is 2.21. The number of hydrogen-bond donors (Lipinski definition) is 2. The molecule has 0 bridgehead atoms. The molecule has 0 heterocycles. The molecule has 0 atom stereocenters. The molecule has 2 aromatic rings. The van der Waals surface area contributed by atoms with E-state index in [1.54, 1.807) is 0 Å². The molecule has 116 valence electrons. The molecule has 0 aliphatic heterocycles. The number of nitrogen functional groups attached to an aromatic ring is 1. The molecule has 0 radical (unpaired) electrons. The molecule has 4 heteroatoms. The third kappa shape index (κ3) is 4.01. The summed E-state index contributed by atoms with van der Waals surface area (Å²) < 4.78 is 5.69. The van der Waals surface area contributed by atoms with Gasteiger partial charge in [0, 0.05) is 11.4 Å². The van der Waals surface area contributed by atoms with Crippen LogP contribution in [0.4, 0.5) is 11.4 Å². The second-order valence-electron chi connectivity index (χ2n) is 5.44. The van der Waals surface area contributed by atoms with E-state index in [4.69, 9.17) is 10.5 Å². The first kappa shape index (κ1) is 15.9. The number of carbonyl (C=O) groups is 1. The van der Waals surface area contributed by atoms with Crippen molar-refractivity contribution in [1.82, 2.24) is 0 Å². The van der Waals surface area contributed by atoms with Crippen molar-refractivity contribution in [3.63, 3.8) is 0 Å². The zero-order chi connectivity index (χ0) is 16.1. The largest absolute Gasteiger partial charge is 0.493 e. The molecule has 0 saturated heterocycles. The van der Waals surface area contributed by atoms with E-state index in [2.05, 4.69) is 5.32 Å². The number of ether oxygens (including phenoxy) is 1. The van der Waals surface area contributed by atoms with E-state index in [1.807, 2.05) is 57.2 Å². The Bertz CT molecular complexity index is 681. The van der Waals surface area contributed by atoms with Gasteiger partial charge >= 0.3 is 0 Å². The van der Waals surface area contributed by atoms with Crippen molar-refractivity contribution in [2.45, 2.75) is 27.2 Å². The lowest BCUT2D eigenvalue weighted by Crippen LogP contribution is -2.16. The van der Waals surface area contributed by atoms with E-state index < -0.39 is 0 Å². The van der Waals surface area contributed by atoms with Gasteiger partial charge in [0.25, 0.3) is 0 Å². The molecule has 0 saturated carbocycles. The lowest BCUT2D eigenvalue weighted by atomic mass is 10.1. The Hall–Kier alpha value is -2.49. The number of anilines is 2. The maximum atomic E-state index is 12.0. The number of nitrogens with one attached hydrogen (secondary N) is 1. The van der Waals surface area contributed by atoms with E-state index in [0.717, 1.165) is 28.1 Å². The van der Waals surface area contributed by atoms with Crippen molar-refractivity contribution < 1.29 is 9.53 Å². The van der Waals surface area contributed by atoms with Crippen LogP contribution in [0.5, 0.6) is 5.75 Å². The maximum absolute atomic E-state index is 12.0. The highest BCUT2D eigenvalue weighted by atomic mass is 16.5. The summed E-state index contributed by atoms with van der Waals surface area (Å²) in [6.45, 7) is 6.24. The lowest BCUT2D eigenvalue weighted by molar-refractivity contribution is -0.116. The van der Waals surface area contributed by atoms with Crippen LogP contribution in [-0.2, 0) is 4.79 Å². The molecule has 0 aliphatic carbocycles. The van der Waals surface area contributed by atoms with Gasteiger partial charge in [0.15, 0.2) is 0 Å². The zero-order valence-electron chi connectivity index (χ0n) is 13.3. The maximum Gasteiger partial charge on any atom is 0.227 e. The van der Waals surface area contributed by atoms with Gasteiger partial charge in [-0.1, -0.05) is 18.2 Å². The van der Waals surface area contributed by atoms with Crippen LogP contribution >= 0.6 is 0 Å². The summed E-state index contributed by atoms with van der Waals surface area (Å²) in [6, 6.07) is 11.5.